The molecule has 138 valence electrons. The van der Waals surface area contributed by atoms with Gasteiger partial charge in [-0.1, -0.05) is 30.3 Å². The first-order valence-electron chi connectivity index (χ1n) is 9.65. The molecule has 5 heteroatoms. The Labute approximate surface area is 158 Å². The highest BCUT2D eigenvalue weighted by Gasteiger charge is 2.37. The smallest absolute Gasteiger partial charge is 0.226 e. The Kier molecular flexibility index (Phi) is 3.97. The second-order valence-corrected chi connectivity index (χ2v) is 7.65. The van der Waals surface area contributed by atoms with E-state index in [-0.39, 0.29) is 5.91 Å². The first kappa shape index (κ1) is 16.5. The van der Waals surface area contributed by atoms with E-state index in [0.29, 0.717) is 24.4 Å². The van der Waals surface area contributed by atoms with Crippen LogP contribution in [0.1, 0.15) is 30.7 Å². The van der Waals surface area contributed by atoms with Crippen molar-refractivity contribution in [3.05, 3.63) is 53.9 Å². The highest BCUT2D eigenvalue weighted by molar-refractivity contribution is 5.86. The highest BCUT2D eigenvalue weighted by atomic mass is 16.4. The molecule has 0 radical (unpaired) electrons. The molecule has 1 N–H and O–H groups in total. The number of aromatic nitrogens is 1. The van der Waals surface area contributed by atoms with E-state index in [1.54, 1.807) is 0 Å². The lowest BCUT2D eigenvalue weighted by atomic mass is 10.1. The maximum atomic E-state index is 11.9. The summed E-state index contributed by atoms with van der Waals surface area (Å²) in [6.07, 6.45) is 2.82. The van der Waals surface area contributed by atoms with Crippen LogP contribution < -0.4 is 5.32 Å². The first-order chi connectivity index (χ1) is 13.2. The third-order valence-corrected chi connectivity index (χ3v) is 5.95. The molecule has 5 rings (SSSR count). The lowest BCUT2D eigenvalue weighted by molar-refractivity contribution is -0.121. The summed E-state index contributed by atoms with van der Waals surface area (Å²) in [6, 6.07) is 15.3. The minimum absolute atomic E-state index is 0.168. The van der Waals surface area contributed by atoms with Gasteiger partial charge >= 0.3 is 0 Å². The van der Waals surface area contributed by atoms with Crippen molar-refractivity contribution >= 4 is 16.7 Å². The van der Waals surface area contributed by atoms with E-state index in [2.05, 4.69) is 40.5 Å². The molecule has 0 spiro atoms. The van der Waals surface area contributed by atoms with Gasteiger partial charge in [0.1, 0.15) is 5.76 Å². The van der Waals surface area contributed by atoms with Crippen molar-refractivity contribution < 1.29 is 9.21 Å². The molecule has 27 heavy (non-hydrogen) atoms. The third kappa shape index (κ3) is 3.02. The van der Waals surface area contributed by atoms with Crippen molar-refractivity contribution in [2.75, 3.05) is 6.54 Å². The molecule has 0 aliphatic carbocycles. The van der Waals surface area contributed by atoms with Crippen molar-refractivity contribution in [2.45, 2.75) is 44.8 Å². The van der Waals surface area contributed by atoms with E-state index in [0.717, 1.165) is 42.9 Å². The second-order valence-electron chi connectivity index (χ2n) is 7.65. The van der Waals surface area contributed by atoms with Crippen molar-refractivity contribution in [3.8, 4) is 11.5 Å². The van der Waals surface area contributed by atoms with E-state index in [1.165, 1.54) is 10.8 Å². The molecule has 0 saturated carbocycles. The molecule has 2 aliphatic rings. The van der Waals surface area contributed by atoms with Crippen LogP contribution in [0.25, 0.3) is 22.2 Å². The number of fused-ring (bicyclic) bond motifs is 3. The fraction of sp³-hybridized carbons (Fsp3) is 0.364. The highest BCUT2D eigenvalue weighted by Crippen LogP contribution is 2.32. The Bertz CT molecular complexity index is 1010. The molecule has 0 unspecified atom stereocenters. The van der Waals surface area contributed by atoms with Crippen molar-refractivity contribution in [1.29, 1.82) is 0 Å². The Morgan fingerprint density at radius 1 is 1.15 bits per heavy atom. The third-order valence-electron chi connectivity index (χ3n) is 5.95. The number of carbonyl (C=O) groups excluding carboxylic acids is 1. The van der Waals surface area contributed by atoms with E-state index in [4.69, 9.17) is 9.40 Å². The molecule has 2 atom stereocenters. The zero-order valence-corrected chi connectivity index (χ0v) is 15.4. The predicted octanol–water partition coefficient (Wildman–Crippen LogP) is 3.66. The lowest BCUT2D eigenvalue weighted by Crippen LogP contribution is -2.37. The summed E-state index contributed by atoms with van der Waals surface area (Å²) in [7, 11) is 0. The largest absolute Gasteiger partial charge is 0.441 e. The van der Waals surface area contributed by atoms with Gasteiger partial charge in [-0.05, 0) is 42.7 Å². The summed E-state index contributed by atoms with van der Waals surface area (Å²) in [5.74, 6) is 1.70. The van der Waals surface area contributed by atoms with Gasteiger partial charge in [-0.2, -0.15) is 0 Å². The van der Waals surface area contributed by atoms with Crippen LogP contribution >= 0.6 is 0 Å². The number of hydrogen-bond donors (Lipinski definition) is 1. The number of hydrogen-bond acceptors (Lipinski definition) is 4. The van der Waals surface area contributed by atoms with Crippen LogP contribution in [0, 0.1) is 6.92 Å². The fourth-order valence-corrected chi connectivity index (χ4v) is 4.42. The van der Waals surface area contributed by atoms with Crippen LogP contribution in [0.15, 0.2) is 46.9 Å². The summed E-state index contributed by atoms with van der Waals surface area (Å²) in [4.78, 5) is 19.1. The molecule has 1 aromatic heterocycles. The SMILES string of the molecule is Cc1oc(-c2ccc3ccccc3c2)nc1CN1[C@@H]2CC[C@H]1CC(=O)NC2. The number of amides is 1. The minimum atomic E-state index is 0.168. The Hall–Kier alpha value is -2.66. The summed E-state index contributed by atoms with van der Waals surface area (Å²) in [5, 5.41) is 5.42. The average Bonchev–Trinajstić information content (AvgIpc) is 3.18. The summed E-state index contributed by atoms with van der Waals surface area (Å²) in [5.41, 5.74) is 1.98. The normalized spacial score (nSPS) is 22.8. The van der Waals surface area contributed by atoms with Crippen molar-refractivity contribution in [3.63, 3.8) is 0 Å². The van der Waals surface area contributed by atoms with Gasteiger partial charge in [0.05, 0.1) is 5.69 Å². The topological polar surface area (TPSA) is 58.4 Å². The first-order valence-corrected chi connectivity index (χ1v) is 9.65. The minimum Gasteiger partial charge on any atom is -0.441 e. The molecule has 1 amide bonds. The number of nitrogens with one attached hydrogen (secondary N) is 1. The van der Waals surface area contributed by atoms with Gasteiger partial charge in [0.15, 0.2) is 0 Å². The Morgan fingerprint density at radius 2 is 1.96 bits per heavy atom. The van der Waals surface area contributed by atoms with Gasteiger partial charge in [-0.3, -0.25) is 9.69 Å². The molecule has 3 aromatic rings. The summed E-state index contributed by atoms with van der Waals surface area (Å²) in [6.45, 7) is 3.47. The zero-order valence-electron chi connectivity index (χ0n) is 15.4. The summed E-state index contributed by atoms with van der Waals surface area (Å²) >= 11 is 0. The van der Waals surface area contributed by atoms with Gasteiger partial charge < -0.3 is 9.73 Å². The summed E-state index contributed by atoms with van der Waals surface area (Å²) < 4.78 is 6.01. The molecule has 2 aromatic carbocycles. The molecular weight excluding hydrogens is 338 g/mol. The van der Waals surface area contributed by atoms with Crippen LogP contribution in [0.3, 0.4) is 0 Å². The second kappa shape index (κ2) is 6.50. The molecule has 2 saturated heterocycles. The average molecular weight is 361 g/mol. The molecule has 5 nitrogen and oxygen atoms in total. The number of aryl methyl sites for hydroxylation is 1. The maximum Gasteiger partial charge on any atom is 0.226 e. The Balaban J connectivity index is 1.43. The van der Waals surface area contributed by atoms with Crippen LogP contribution in [0.5, 0.6) is 0 Å². The lowest BCUT2D eigenvalue weighted by Gasteiger charge is -2.26. The standard InChI is InChI=1S/C22H23N3O2/c1-14-20(13-25-18-8-9-19(25)12-23-21(26)11-18)24-22(27-14)17-7-6-15-4-2-3-5-16(15)10-17/h2-7,10,18-19H,8-9,11-13H2,1H3,(H,23,26)/t18-,19+/m0/s1. The number of nitrogens with zero attached hydrogens (tertiary/aromatic N) is 2. The molecule has 2 fully saturated rings. The fourth-order valence-electron chi connectivity index (χ4n) is 4.42. The van der Waals surface area contributed by atoms with E-state index in [9.17, 15) is 4.79 Å². The van der Waals surface area contributed by atoms with Crippen LogP contribution in [0.4, 0.5) is 0 Å². The Morgan fingerprint density at radius 3 is 2.85 bits per heavy atom. The number of rotatable bonds is 3. The van der Waals surface area contributed by atoms with Crippen molar-refractivity contribution in [1.82, 2.24) is 15.2 Å². The molecule has 3 heterocycles. The van der Waals surface area contributed by atoms with E-state index < -0.39 is 0 Å². The predicted molar refractivity (Wildman–Crippen MR) is 104 cm³/mol. The van der Waals surface area contributed by atoms with E-state index in [1.807, 2.05) is 19.1 Å². The van der Waals surface area contributed by atoms with Gasteiger partial charge in [0, 0.05) is 37.2 Å². The number of oxazole rings is 1. The molecular formula is C22H23N3O2. The van der Waals surface area contributed by atoms with Gasteiger partial charge in [-0.25, -0.2) is 4.98 Å². The quantitative estimate of drug-likeness (QED) is 0.773. The van der Waals surface area contributed by atoms with Gasteiger partial charge in [0.2, 0.25) is 11.8 Å². The zero-order chi connectivity index (χ0) is 18.4. The van der Waals surface area contributed by atoms with Gasteiger partial charge in [-0.15, -0.1) is 0 Å². The molecule has 2 bridgehead atoms. The van der Waals surface area contributed by atoms with Crippen LogP contribution in [-0.4, -0.2) is 34.4 Å². The van der Waals surface area contributed by atoms with Gasteiger partial charge in [0.25, 0.3) is 0 Å². The van der Waals surface area contributed by atoms with Crippen LogP contribution in [-0.2, 0) is 11.3 Å². The molecule has 2 aliphatic heterocycles. The van der Waals surface area contributed by atoms with Crippen molar-refractivity contribution in [2.24, 2.45) is 0 Å². The van der Waals surface area contributed by atoms with Crippen LogP contribution in [0.2, 0.25) is 0 Å². The number of carbonyl (C=O) groups is 1. The maximum absolute atomic E-state index is 11.9. The monoisotopic (exact) mass is 361 g/mol. The van der Waals surface area contributed by atoms with E-state index >= 15 is 0 Å². The number of benzene rings is 2.